The summed E-state index contributed by atoms with van der Waals surface area (Å²) in [6, 6.07) is 30.5. The topological polar surface area (TPSA) is 60.9 Å². The summed E-state index contributed by atoms with van der Waals surface area (Å²) in [7, 11) is -0.124. The van der Waals surface area contributed by atoms with Gasteiger partial charge in [-0.05, 0) is 61.0 Å². The molecule has 1 heterocycles. The van der Waals surface area contributed by atoms with Crippen LogP contribution in [-0.2, 0) is 10.0 Å². The van der Waals surface area contributed by atoms with Crippen molar-refractivity contribution >= 4 is 33.0 Å². The number of rotatable bonds is 5. The molecular formula is C29H27N3O3S. The molecule has 0 saturated carbocycles. The number of hydrogen-bond acceptors (Lipinski definition) is 4. The number of nitrogens with zero attached hydrogens (tertiary/aromatic N) is 3. The van der Waals surface area contributed by atoms with Gasteiger partial charge in [0.2, 0.25) is 0 Å². The van der Waals surface area contributed by atoms with Gasteiger partial charge in [-0.2, -0.15) is 0 Å². The van der Waals surface area contributed by atoms with Crippen LogP contribution in [-0.4, -0.2) is 28.4 Å². The highest BCUT2D eigenvalue weighted by atomic mass is 32.2. The monoisotopic (exact) mass is 497 g/mol. The quantitative estimate of drug-likeness (QED) is 0.359. The third-order valence-corrected chi connectivity index (χ3v) is 8.15. The highest BCUT2D eigenvalue weighted by Crippen LogP contribution is 2.49. The van der Waals surface area contributed by atoms with Crippen molar-refractivity contribution < 1.29 is 13.2 Å². The number of para-hydroxylation sites is 2. The van der Waals surface area contributed by atoms with E-state index in [1.807, 2.05) is 62.3 Å². The van der Waals surface area contributed by atoms with Gasteiger partial charge in [-0.15, -0.1) is 0 Å². The minimum absolute atomic E-state index is 0.173. The number of aryl methyl sites for hydroxylation is 1. The smallest absolute Gasteiger partial charge is 0.266 e. The number of sulfonamides is 1. The lowest BCUT2D eigenvalue weighted by atomic mass is 10.1. The Morgan fingerprint density at radius 2 is 1.33 bits per heavy atom. The molecule has 36 heavy (non-hydrogen) atoms. The molecule has 7 heteroatoms. The standard InChI is InChI=1S/C29H27N3O3S/c1-21-13-19-25(20-14-21)36(34,35)32-27-12-8-7-11-26(27)31(29(33)23-9-5-4-6-10-23)28(32)22-15-17-24(18-16-22)30(2)3/h4-20,28H,1-3H3. The molecule has 0 saturated heterocycles. The SMILES string of the molecule is Cc1ccc(S(=O)(=O)N2c3ccccc3N(C(=O)c3ccccc3)C2c2ccc(N(C)C)cc2)cc1. The Labute approximate surface area is 212 Å². The first kappa shape index (κ1) is 23.6. The van der Waals surface area contributed by atoms with Crippen LogP contribution in [0.5, 0.6) is 0 Å². The van der Waals surface area contributed by atoms with Crippen LogP contribution in [0.15, 0.2) is 108 Å². The molecule has 0 bridgehead atoms. The normalized spacial score (nSPS) is 15.0. The molecule has 0 radical (unpaired) electrons. The number of fused-ring (bicyclic) bond motifs is 1. The van der Waals surface area contributed by atoms with Crippen molar-refractivity contribution in [1.82, 2.24) is 0 Å². The van der Waals surface area contributed by atoms with Crippen LogP contribution in [0, 0.1) is 6.92 Å². The van der Waals surface area contributed by atoms with E-state index in [0.29, 0.717) is 22.5 Å². The number of anilines is 3. The van der Waals surface area contributed by atoms with Crippen molar-refractivity contribution in [2.75, 3.05) is 28.2 Å². The highest BCUT2D eigenvalue weighted by molar-refractivity contribution is 7.92. The van der Waals surface area contributed by atoms with Crippen LogP contribution in [0.3, 0.4) is 0 Å². The van der Waals surface area contributed by atoms with Gasteiger partial charge in [0.05, 0.1) is 16.3 Å². The number of carbonyl (C=O) groups excluding carboxylic acids is 1. The molecule has 0 aliphatic carbocycles. The molecule has 0 N–H and O–H groups in total. The maximum Gasteiger partial charge on any atom is 0.266 e. The minimum atomic E-state index is -4.01. The molecule has 1 atom stereocenters. The lowest BCUT2D eigenvalue weighted by Crippen LogP contribution is -2.42. The van der Waals surface area contributed by atoms with Gasteiger partial charge >= 0.3 is 0 Å². The van der Waals surface area contributed by atoms with Gasteiger partial charge in [0, 0.05) is 25.3 Å². The lowest BCUT2D eigenvalue weighted by Gasteiger charge is -2.32. The van der Waals surface area contributed by atoms with E-state index in [1.165, 1.54) is 4.31 Å². The predicted molar refractivity (Wildman–Crippen MR) is 144 cm³/mol. The molecule has 1 aliphatic heterocycles. The lowest BCUT2D eigenvalue weighted by molar-refractivity contribution is 0.0980. The Hall–Kier alpha value is -4.10. The van der Waals surface area contributed by atoms with E-state index in [-0.39, 0.29) is 10.8 Å². The Balaban J connectivity index is 1.73. The molecule has 1 unspecified atom stereocenters. The first-order chi connectivity index (χ1) is 17.3. The molecule has 1 aliphatic rings. The van der Waals surface area contributed by atoms with E-state index in [0.717, 1.165) is 11.3 Å². The molecule has 4 aromatic carbocycles. The summed E-state index contributed by atoms with van der Waals surface area (Å²) in [5.74, 6) is -0.272. The number of carbonyl (C=O) groups is 1. The van der Waals surface area contributed by atoms with E-state index >= 15 is 0 Å². The van der Waals surface area contributed by atoms with Crippen LogP contribution >= 0.6 is 0 Å². The summed E-state index contributed by atoms with van der Waals surface area (Å²) in [5.41, 5.74) is 4.12. The Bertz CT molecular complexity index is 1500. The maximum atomic E-state index is 14.2. The van der Waals surface area contributed by atoms with Gasteiger partial charge < -0.3 is 4.90 Å². The zero-order chi connectivity index (χ0) is 25.4. The summed E-state index contributed by atoms with van der Waals surface area (Å²) in [6.45, 7) is 1.91. The summed E-state index contributed by atoms with van der Waals surface area (Å²) >= 11 is 0. The summed E-state index contributed by atoms with van der Waals surface area (Å²) in [5, 5.41) is 0. The van der Waals surface area contributed by atoms with Crippen molar-refractivity contribution in [3.63, 3.8) is 0 Å². The van der Waals surface area contributed by atoms with Crippen molar-refractivity contribution in [1.29, 1.82) is 0 Å². The molecule has 182 valence electrons. The molecular weight excluding hydrogens is 470 g/mol. The molecule has 0 fully saturated rings. The summed E-state index contributed by atoms with van der Waals surface area (Å²) in [6.07, 6.45) is -0.891. The van der Waals surface area contributed by atoms with Gasteiger partial charge in [0.15, 0.2) is 6.17 Å². The number of amides is 1. The van der Waals surface area contributed by atoms with Crippen LogP contribution in [0.25, 0.3) is 0 Å². The fourth-order valence-electron chi connectivity index (χ4n) is 4.48. The van der Waals surface area contributed by atoms with E-state index < -0.39 is 16.2 Å². The van der Waals surface area contributed by atoms with Gasteiger partial charge in [-0.3, -0.25) is 9.69 Å². The van der Waals surface area contributed by atoms with E-state index in [1.54, 1.807) is 71.6 Å². The second kappa shape index (κ2) is 9.17. The second-order valence-corrected chi connectivity index (χ2v) is 10.8. The average Bonchev–Trinajstić information content (AvgIpc) is 3.25. The largest absolute Gasteiger partial charge is 0.378 e. The third-order valence-electron chi connectivity index (χ3n) is 6.37. The zero-order valence-electron chi connectivity index (χ0n) is 20.4. The van der Waals surface area contributed by atoms with Crippen LogP contribution < -0.4 is 14.1 Å². The molecule has 5 rings (SSSR count). The van der Waals surface area contributed by atoms with E-state index in [9.17, 15) is 13.2 Å². The molecule has 0 aromatic heterocycles. The Kier molecular flexibility index (Phi) is 6.02. The van der Waals surface area contributed by atoms with Crippen molar-refractivity contribution in [3.05, 3.63) is 120 Å². The predicted octanol–water partition coefficient (Wildman–Crippen LogP) is 5.62. The van der Waals surface area contributed by atoms with Crippen LogP contribution in [0.1, 0.15) is 27.7 Å². The average molecular weight is 498 g/mol. The Morgan fingerprint density at radius 3 is 1.94 bits per heavy atom. The zero-order valence-corrected chi connectivity index (χ0v) is 21.2. The molecule has 6 nitrogen and oxygen atoms in total. The van der Waals surface area contributed by atoms with E-state index in [4.69, 9.17) is 0 Å². The van der Waals surface area contributed by atoms with Crippen molar-refractivity contribution in [3.8, 4) is 0 Å². The van der Waals surface area contributed by atoms with Crippen LogP contribution in [0.2, 0.25) is 0 Å². The van der Waals surface area contributed by atoms with E-state index in [2.05, 4.69) is 0 Å². The minimum Gasteiger partial charge on any atom is -0.378 e. The molecule has 4 aromatic rings. The second-order valence-electron chi connectivity index (χ2n) is 9.00. The van der Waals surface area contributed by atoms with Crippen molar-refractivity contribution in [2.45, 2.75) is 18.0 Å². The third kappa shape index (κ3) is 4.01. The van der Waals surface area contributed by atoms with Gasteiger partial charge in [-0.1, -0.05) is 60.2 Å². The van der Waals surface area contributed by atoms with Gasteiger partial charge in [-0.25, -0.2) is 12.7 Å². The maximum absolute atomic E-state index is 14.2. The molecule has 1 amide bonds. The fraction of sp³-hybridized carbons (Fsp3) is 0.138. The number of benzene rings is 4. The first-order valence-electron chi connectivity index (χ1n) is 11.6. The molecule has 0 spiro atoms. The summed E-state index contributed by atoms with van der Waals surface area (Å²) in [4.78, 5) is 17.6. The van der Waals surface area contributed by atoms with Crippen LogP contribution in [0.4, 0.5) is 17.1 Å². The van der Waals surface area contributed by atoms with Gasteiger partial charge in [0.1, 0.15) is 0 Å². The fourth-order valence-corrected chi connectivity index (χ4v) is 6.08. The summed E-state index contributed by atoms with van der Waals surface area (Å²) < 4.78 is 29.7. The van der Waals surface area contributed by atoms with Crippen molar-refractivity contribution in [2.24, 2.45) is 0 Å². The number of hydrogen-bond donors (Lipinski definition) is 0. The Morgan fingerprint density at radius 1 is 0.750 bits per heavy atom. The first-order valence-corrected chi connectivity index (χ1v) is 13.1. The van der Waals surface area contributed by atoms with Gasteiger partial charge in [0.25, 0.3) is 15.9 Å². The highest BCUT2D eigenvalue weighted by Gasteiger charge is 2.46.